The van der Waals surface area contributed by atoms with Crippen LogP contribution in [0.1, 0.15) is 42.8 Å². The minimum atomic E-state index is -4.71. The van der Waals surface area contributed by atoms with Gasteiger partial charge in [-0.05, 0) is 44.2 Å². The zero-order valence-electron chi connectivity index (χ0n) is 13.9. The molecule has 1 aromatic carbocycles. The summed E-state index contributed by atoms with van der Waals surface area (Å²) in [5, 5.41) is 20.4. The van der Waals surface area contributed by atoms with Crippen molar-refractivity contribution in [3.8, 4) is 11.8 Å². The van der Waals surface area contributed by atoms with Gasteiger partial charge < -0.3 is 19.1 Å². The number of hydrogen-bond acceptors (Lipinski definition) is 4. The Morgan fingerprint density at radius 3 is 2.65 bits per heavy atom. The quantitative estimate of drug-likeness (QED) is 0.778. The SMILES string of the molecule is CC1(C)Oc2ccc(C#N)cc2[C@H]2n3cccc3[C@@H](C(F)(F)F)O[C@]21O. The van der Waals surface area contributed by atoms with Crippen LogP contribution in [0.4, 0.5) is 13.2 Å². The molecule has 0 unspecified atom stereocenters. The summed E-state index contributed by atoms with van der Waals surface area (Å²) in [5.74, 6) is -1.90. The van der Waals surface area contributed by atoms with Crippen molar-refractivity contribution >= 4 is 0 Å². The van der Waals surface area contributed by atoms with Gasteiger partial charge in [-0.3, -0.25) is 0 Å². The molecule has 0 saturated heterocycles. The average molecular weight is 364 g/mol. The first kappa shape index (κ1) is 16.9. The lowest BCUT2D eigenvalue weighted by Crippen LogP contribution is -2.66. The monoisotopic (exact) mass is 364 g/mol. The second kappa shape index (κ2) is 5.02. The number of halogens is 3. The lowest BCUT2D eigenvalue weighted by Gasteiger charge is -2.54. The number of hydrogen-bond donors (Lipinski definition) is 1. The second-order valence-electron chi connectivity index (χ2n) is 6.96. The highest BCUT2D eigenvalue weighted by molar-refractivity contribution is 5.48. The van der Waals surface area contributed by atoms with Gasteiger partial charge in [0.05, 0.1) is 17.3 Å². The molecular formula is C18H15F3N2O3. The summed E-state index contributed by atoms with van der Waals surface area (Å²) >= 11 is 0. The van der Waals surface area contributed by atoms with Crippen LogP contribution in [0.15, 0.2) is 36.5 Å². The number of aliphatic hydroxyl groups is 1. The standard InChI is InChI=1S/C18H15F3N2O3/c1-16(2)17(24)14(11-8-10(9-22)5-6-13(11)25-16)23-7-3-4-12(23)15(26-17)18(19,20)21/h3-8,14-15,24H,1-2H3/t14-,15+,17-/m1/s1. The van der Waals surface area contributed by atoms with Gasteiger partial charge in [-0.15, -0.1) is 0 Å². The van der Waals surface area contributed by atoms with E-state index in [0.29, 0.717) is 16.9 Å². The number of fused-ring (bicyclic) bond motifs is 5. The fourth-order valence-electron chi connectivity index (χ4n) is 3.70. The molecule has 0 amide bonds. The van der Waals surface area contributed by atoms with E-state index >= 15 is 0 Å². The molecule has 0 bridgehead atoms. The van der Waals surface area contributed by atoms with E-state index in [-0.39, 0.29) is 5.69 Å². The third-order valence-electron chi connectivity index (χ3n) is 4.99. The molecule has 1 aromatic heterocycles. The Morgan fingerprint density at radius 2 is 2.00 bits per heavy atom. The van der Waals surface area contributed by atoms with Crippen LogP contribution >= 0.6 is 0 Å². The summed E-state index contributed by atoms with van der Waals surface area (Å²) in [6.45, 7) is 2.95. The lowest BCUT2D eigenvalue weighted by atomic mass is 9.80. The van der Waals surface area contributed by atoms with Gasteiger partial charge in [0.1, 0.15) is 11.8 Å². The summed E-state index contributed by atoms with van der Waals surface area (Å²) < 4.78 is 53.1. The lowest BCUT2D eigenvalue weighted by molar-refractivity contribution is -0.375. The van der Waals surface area contributed by atoms with Crippen LogP contribution in [0.2, 0.25) is 0 Å². The molecule has 8 heteroatoms. The zero-order valence-corrected chi connectivity index (χ0v) is 13.9. The van der Waals surface area contributed by atoms with Crippen LogP contribution in [0.3, 0.4) is 0 Å². The highest BCUT2D eigenvalue weighted by Crippen LogP contribution is 2.56. The van der Waals surface area contributed by atoms with Gasteiger partial charge in [0, 0.05) is 11.8 Å². The van der Waals surface area contributed by atoms with Gasteiger partial charge in [0.15, 0.2) is 11.7 Å². The van der Waals surface area contributed by atoms with Gasteiger partial charge in [-0.2, -0.15) is 18.4 Å². The van der Waals surface area contributed by atoms with E-state index in [1.807, 2.05) is 6.07 Å². The van der Waals surface area contributed by atoms with E-state index in [9.17, 15) is 18.3 Å². The largest absolute Gasteiger partial charge is 0.482 e. The van der Waals surface area contributed by atoms with Crippen molar-refractivity contribution < 1.29 is 27.8 Å². The van der Waals surface area contributed by atoms with Crippen molar-refractivity contribution in [2.45, 2.75) is 43.6 Å². The van der Waals surface area contributed by atoms with Gasteiger partial charge in [0.25, 0.3) is 0 Å². The van der Waals surface area contributed by atoms with Crippen LogP contribution in [0, 0.1) is 11.3 Å². The minimum Gasteiger partial charge on any atom is -0.482 e. The highest BCUT2D eigenvalue weighted by atomic mass is 19.4. The van der Waals surface area contributed by atoms with E-state index < -0.39 is 29.7 Å². The summed E-state index contributed by atoms with van der Waals surface area (Å²) in [5.41, 5.74) is -0.882. The molecule has 3 atom stereocenters. The third kappa shape index (κ3) is 2.11. The van der Waals surface area contributed by atoms with Gasteiger partial charge in [-0.1, -0.05) is 0 Å². The Balaban J connectivity index is 2.01. The number of nitriles is 1. The predicted octanol–water partition coefficient (Wildman–Crippen LogP) is 3.44. The molecule has 0 fully saturated rings. The van der Waals surface area contributed by atoms with Crippen molar-refractivity contribution in [2.75, 3.05) is 0 Å². The van der Waals surface area contributed by atoms with Gasteiger partial charge in [-0.25, -0.2) is 0 Å². The van der Waals surface area contributed by atoms with E-state index in [2.05, 4.69) is 0 Å². The highest BCUT2D eigenvalue weighted by Gasteiger charge is 2.65. The number of ether oxygens (including phenoxy) is 2. The van der Waals surface area contributed by atoms with E-state index in [1.54, 1.807) is 12.1 Å². The van der Waals surface area contributed by atoms with Crippen molar-refractivity contribution in [2.24, 2.45) is 0 Å². The fourth-order valence-corrected chi connectivity index (χ4v) is 3.70. The molecule has 136 valence electrons. The van der Waals surface area contributed by atoms with Crippen LogP contribution in [-0.4, -0.2) is 27.2 Å². The molecule has 26 heavy (non-hydrogen) atoms. The number of alkyl halides is 3. The Morgan fingerprint density at radius 1 is 1.27 bits per heavy atom. The molecule has 5 nitrogen and oxygen atoms in total. The smallest absolute Gasteiger partial charge is 0.420 e. The van der Waals surface area contributed by atoms with E-state index in [4.69, 9.17) is 14.7 Å². The van der Waals surface area contributed by atoms with Crippen LogP contribution < -0.4 is 4.74 Å². The van der Waals surface area contributed by atoms with Crippen LogP contribution in [0.25, 0.3) is 0 Å². The molecule has 2 aliphatic heterocycles. The number of rotatable bonds is 0. The maximum atomic E-state index is 13.6. The second-order valence-corrected chi connectivity index (χ2v) is 6.96. The normalized spacial score (nSPS) is 29.0. The average Bonchev–Trinajstić information content (AvgIpc) is 3.02. The molecular weight excluding hydrogens is 349 g/mol. The van der Waals surface area contributed by atoms with E-state index in [1.165, 1.54) is 42.8 Å². The molecule has 1 N–H and O–H groups in total. The van der Waals surface area contributed by atoms with Crippen molar-refractivity contribution in [3.63, 3.8) is 0 Å². The number of nitrogens with zero attached hydrogens (tertiary/aromatic N) is 2. The molecule has 4 rings (SSSR count). The molecule has 0 aliphatic carbocycles. The van der Waals surface area contributed by atoms with Gasteiger partial charge >= 0.3 is 6.18 Å². The Hall–Kier alpha value is -2.50. The molecule has 3 heterocycles. The first-order chi connectivity index (χ1) is 12.1. The summed E-state index contributed by atoms with van der Waals surface area (Å²) in [7, 11) is 0. The molecule has 0 radical (unpaired) electrons. The molecule has 2 aliphatic rings. The van der Waals surface area contributed by atoms with Crippen molar-refractivity contribution in [3.05, 3.63) is 53.3 Å². The Kier molecular flexibility index (Phi) is 3.27. The predicted molar refractivity (Wildman–Crippen MR) is 83.3 cm³/mol. The summed E-state index contributed by atoms with van der Waals surface area (Å²) in [4.78, 5) is 0. The van der Waals surface area contributed by atoms with Crippen molar-refractivity contribution in [1.82, 2.24) is 4.57 Å². The fraction of sp³-hybridized carbons (Fsp3) is 0.389. The molecule has 0 saturated carbocycles. The van der Waals surface area contributed by atoms with E-state index in [0.717, 1.165) is 0 Å². The van der Waals surface area contributed by atoms with Gasteiger partial charge in [0.2, 0.25) is 5.79 Å². The number of aromatic nitrogens is 1. The topological polar surface area (TPSA) is 67.4 Å². The summed E-state index contributed by atoms with van der Waals surface area (Å²) in [6, 6.07) is 8.42. The zero-order chi connectivity index (χ0) is 18.9. The van der Waals surface area contributed by atoms with Crippen LogP contribution in [-0.2, 0) is 4.74 Å². The molecule has 0 spiro atoms. The first-order valence-electron chi connectivity index (χ1n) is 7.95. The van der Waals surface area contributed by atoms with Crippen LogP contribution in [0.5, 0.6) is 5.75 Å². The maximum absolute atomic E-state index is 13.6. The Labute approximate surface area is 147 Å². The summed E-state index contributed by atoms with van der Waals surface area (Å²) in [6.07, 6.45) is -5.53. The maximum Gasteiger partial charge on any atom is 0.420 e. The third-order valence-corrected chi connectivity index (χ3v) is 4.99. The number of benzene rings is 1. The Bertz CT molecular complexity index is 928. The first-order valence-corrected chi connectivity index (χ1v) is 7.95. The van der Waals surface area contributed by atoms with Crippen molar-refractivity contribution in [1.29, 1.82) is 5.26 Å². The minimum absolute atomic E-state index is 0.113. The molecule has 2 aromatic rings.